The number of nitrogen functional groups attached to an aromatic ring is 1. The number of halogens is 2. The first kappa shape index (κ1) is 14.7. The van der Waals surface area contributed by atoms with Crippen molar-refractivity contribution in [1.29, 1.82) is 0 Å². The summed E-state index contributed by atoms with van der Waals surface area (Å²) in [6.45, 7) is 0.678. The van der Waals surface area contributed by atoms with Crippen LogP contribution in [0.3, 0.4) is 0 Å². The van der Waals surface area contributed by atoms with Gasteiger partial charge >= 0.3 is 0 Å². The highest BCUT2D eigenvalue weighted by atomic mass is 79.9. The molecule has 0 amide bonds. The van der Waals surface area contributed by atoms with Gasteiger partial charge in [0.2, 0.25) is 0 Å². The molecule has 0 unspecified atom stereocenters. The molecule has 0 saturated carbocycles. The molecular weight excluding hydrogens is 323 g/mol. The maximum Gasteiger partial charge on any atom is 0.139 e. The summed E-state index contributed by atoms with van der Waals surface area (Å²) in [5.74, 6) is 0.507. The van der Waals surface area contributed by atoms with Crippen molar-refractivity contribution in [2.24, 2.45) is 0 Å². The Kier molecular flexibility index (Phi) is 4.84. The van der Waals surface area contributed by atoms with Crippen molar-refractivity contribution in [1.82, 2.24) is 0 Å². The Hall–Kier alpha value is -1.75. The number of nitrogens with two attached hydrogens (primary N) is 1. The number of ether oxygens (including phenoxy) is 1. The lowest BCUT2D eigenvalue weighted by Gasteiger charge is -2.10. The van der Waals surface area contributed by atoms with E-state index in [1.807, 2.05) is 24.3 Å². The van der Waals surface area contributed by atoms with E-state index >= 15 is 0 Å². The summed E-state index contributed by atoms with van der Waals surface area (Å²) in [6, 6.07) is 10.8. The second kappa shape index (κ2) is 6.61. The quantitative estimate of drug-likeness (QED) is 0.814. The summed E-state index contributed by atoms with van der Waals surface area (Å²) >= 11 is 3.10. The van der Waals surface area contributed by atoms with Crippen molar-refractivity contribution in [2.75, 3.05) is 24.7 Å². The van der Waals surface area contributed by atoms with Crippen LogP contribution in [0.2, 0.25) is 0 Å². The van der Waals surface area contributed by atoms with E-state index in [4.69, 9.17) is 10.5 Å². The molecule has 106 valence electrons. The van der Waals surface area contributed by atoms with E-state index in [0.29, 0.717) is 22.4 Å². The van der Waals surface area contributed by atoms with Gasteiger partial charge in [-0.3, -0.25) is 0 Å². The van der Waals surface area contributed by atoms with Crippen LogP contribution in [0.15, 0.2) is 40.9 Å². The Bertz CT molecular complexity index is 587. The predicted molar refractivity (Wildman–Crippen MR) is 83.7 cm³/mol. The van der Waals surface area contributed by atoms with Gasteiger partial charge in [-0.2, -0.15) is 0 Å². The highest BCUT2D eigenvalue weighted by molar-refractivity contribution is 9.10. The largest absolute Gasteiger partial charge is 0.497 e. The number of hydrogen-bond acceptors (Lipinski definition) is 3. The molecule has 0 aliphatic rings. The Labute approximate surface area is 126 Å². The number of benzene rings is 2. The Morgan fingerprint density at radius 1 is 1.25 bits per heavy atom. The van der Waals surface area contributed by atoms with E-state index in [1.165, 1.54) is 11.6 Å². The summed E-state index contributed by atoms with van der Waals surface area (Å²) in [5.41, 5.74) is 8.14. The van der Waals surface area contributed by atoms with Gasteiger partial charge in [-0.25, -0.2) is 4.39 Å². The molecule has 5 heteroatoms. The molecule has 3 N–H and O–H groups in total. The molecule has 20 heavy (non-hydrogen) atoms. The molecular formula is C15H16BrFN2O. The van der Waals surface area contributed by atoms with Crippen LogP contribution in [0.5, 0.6) is 5.75 Å². The molecule has 2 aromatic rings. The topological polar surface area (TPSA) is 47.3 Å². The van der Waals surface area contributed by atoms with Crippen LogP contribution in [-0.4, -0.2) is 13.7 Å². The van der Waals surface area contributed by atoms with Crippen LogP contribution in [0.1, 0.15) is 5.56 Å². The molecule has 0 fully saturated rings. The van der Waals surface area contributed by atoms with Crippen molar-refractivity contribution in [3.05, 3.63) is 52.3 Å². The molecule has 0 radical (unpaired) electrons. The van der Waals surface area contributed by atoms with Crippen molar-refractivity contribution >= 4 is 27.3 Å². The van der Waals surface area contributed by atoms with E-state index in [0.717, 1.165) is 12.2 Å². The minimum absolute atomic E-state index is 0.328. The number of anilines is 2. The maximum atomic E-state index is 13.4. The van der Waals surface area contributed by atoms with E-state index in [-0.39, 0.29) is 5.82 Å². The summed E-state index contributed by atoms with van der Waals surface area (Å²) < 4.78 is 18.9. The molecule has 0 aliphatic heterocycles. The third-order valence-electron chi connectivity index (χ3n) is 2.98. The van der Waals surface area contributed by atoms with Gasteiger partial charge in [0.25, 0.3) is 0 Å². The molecule has 3 nitrogen and oxygen atoms in total. The van der Waals surface area contributed by atoms with Gasteiger partial charge in [0.15, 0.2) is 0 Å². The van der Waals surface area contributed by atoms with Gasteiger partial charge in [-0.05, 0) is 46.1 Å². The molecule has 0 bridgehead atoms. The van der Waals surface area contributed by atoms with Gasteiger partial charge in [-0.15, -0.1) is 0 Å². The SMILES string of the molecule is COc1ccc(CCNc2cc(F)c(Br)cc2N)cc1. The Balaban J connectivity index is 1.94. The van der Waals surface area contributed by atoms with E-state index in [2.05, 4.69) is 21.2 Å². The van der Waals surface area contributed by atoms with Crippen LogP contribution >= 0.6 is 15.9 Å². The fraction of sp³-hybridized carbons (Fsp3) is 0.200. The number of methoxy groups -OCH3 is 1. The normalized spacial score (nSPS) is 10.3. The fourth-order valence-electron chi connectivity index (χ4n) is 1.85. The smallest absolute Gasteiger partial charge is 0.139 e. The van der Waals surface area contributed by atoms with Crippen LogP contribution in [0.4, 0.5) is 15.8 Å². The molecule has 2 aromatic carbocycles. The lowest BCUT2D eigenvalue weighted by atomic mass is 10.1. The molecule has 0 saturated heterocycles. The molecule has 0 atom stereocenters. The second-order valence-corrected chi connectivity index (χ2v) is 5.23. The minimum Gasteiger partial charge on any atom is -0.497 e. The first-order valence-electron chi connectivity index (χ1n) is 6.21. The van der Waals surface area contributed by atoms with Gasteiger partial charge in [0, 0.05) is 12.6 Å². The lowest BCUT2D eigenvalue weighted by Crippen LogP contribution is -2.07. The van der Waals surface area contributed by atoms with E-state index in [9.17, 15) is 4.39 Å². The van der Waals surface area contributed by atoms with Crippen molar-refractivity contribution < 1.29 is 9.13 Å². The Morgan fingerprint density at radius 3 is 2.60 bits per heavy atom. The summed E-state index contributed by atoms with van der Waals surface area (Å²) in [4.78, 5) is 0. The van der Waals surface area contributed by atoms with Crippen molar-refractivity contribution in [3.63, 3.8) is 0 Å². The zero-order valence-corrected chi connectivity index (χ0v) is 12.7. The van der Waals surface area contributed by atoms with E-state index in [1.54, 1.807) is 13.2 Å². The summed E-state index contributed by atoms with van der Waals surface area (Å²) in [6.07, 6.45) is 0.821. The van der Waals surface area contributed by atoms with Gasteiger partial charge in [0.05, 0.1) is 23.0 Å². The van der Waals surface area contributed by atoms with Crippen LogP contribution in [0, 0.1) is 5.82 Å². The summed E-state index contributed by atoms with van der Waals surface area (Å²) in [5, 5.41) is 3.14. The first-order valence-corrected chi connectivity index (χ1v) is 7.01. The number of rotatable bonds is 5. The zero-order valence-electron chi connectivity index (χ0n) is 11.1. The number of hydrogen-bond donors (Lipinski definition) is 2. The van der Waals surface area contributed by atoms with Crippen molar-refractivity contribution in [3.8, 4) is 5.75 Å². The average molecular weight is 339 g/mol. The maximum absolute atomic E-state index is 13.4. The van der Waals surface area contributed by atoms with Gasteiger partial charge in [0.1, 0.15) is 11.6 Å². The predicted octanol–water partition coefficient (Wildman–Crippen LogP) is 3.83. The van der Waals surface area contributed by atoms with Crippen LogP contribution < -0.4 is 15.8 Å². The molecule has 0 spiro atoms. The van der Waals surface area contributed by atoms with Crippen LogP contribution in [-0.2, 0) is 6.42 Å². The average Bonchev–Trinajstić information content (AvgIpc) is 2.45. The van der Waals surface area contributed by atoms with E-state index < -0.39 is 0 Å². The Morgan fingerprint density at radius 2 is 1.95 bits per heavy atom. The highest BCUT2D eigenvalue weighted by Crippen LogP contribution is 2.26. The molecule has 0 aromatic heterocycles. The van der Waals surface area contributed by atoms with Crippen molar-refractivity contribution in [2.45, 2.75) is 6.42 Å². The zero-order chi connectivity index (χ0) is 14.5. The minimum atomic E-state index is -0.328. The second-order valence-electron chi connectivity index (χ2n) is 4.38. The first-order chi connectivity index (χ1) is 9.60. The van der Waals surface area contributed by atoms with Gasteiger partial charge in [-0.1, -0.05) is 12.1 Å². The standard InChI is InChI=1S/C15H16BrFN2O/c1-20-11-4-2-10(3-5-11)6-7-19-15-9-13(17)12(16)8-14(15)18/h2-5,8-9,19H,6-7,18H2,1H3. The highest BCUT2D eigenvalue weighted by Gasteiger charge is 2.05. The molecule has 0 aliphatic carbocycles. The molecule has 2 rings (SSSR count). The van der Waals surface area contributed by atoms with Gasteiger partial charge < -0.3 is 15.8 Å². The third-order valence-corrected chi connectivity index (χ3v) is 3.59. The fourth-order valence-corrected chi connectivity index (χ4v) is 2.21. The monoisotopic (exact) mass is 338 g/mol. The lowest BCUT2D eigenvalue weighted by molar-refractivity contribution is 0.414. The summed E-state index contributed by atoms with van der Waals surface area (Å²) in [7, 11) is 1.64. The third kappa shape index (κ3) is 3.63. The molecule has 0 heterocycles. The number of nitrogens with one attached hydrogen (secondary N) is 1. The van der Waals surface area contributed by atoms with Crippen LogP contribution in [0.25, 0.3) is 0 Å².